The van der Waals surface area contributed by atoms with Crippen LogP contribution in [0.5, 0.6) is 0 Å². The van der Waals surface area contributed by atoms with E-state index in [2.05, 4.69) is 23.7 Å². The molecule has 1 fully saturated rings. The number of anilines is 1. The lowest BCUT2D eigenvalue weighted by Crippen LogP contribution is -2.22. The summed E-state index contributed by atoms with van der Waals surface area (Å²) in [7, 11) is 0. The molecule has 2 aromatic rings. The lowest BCUT2D eigenvalue weighted by Gasteiger charge is -2.18. The van der Waals surface area contributed by atoms with Gasteiger partial charge >= 0.3 is 5.97 Å². The highest BCUT2D eigenvalue weighted by Crippen LogP contribution is 2.32. The first-order valence-corrected chi connectivity index (χ1v) is 8.05. The minimum absolute atomic E-state index is 0.664. The van der Waals surface area contributed by atoms with Crippen LogP contribution in [0.15, 0.2) is 17.7 Å². The average molecular weight is 305 g/mol. The van der Waals surface area contributed by atoms with Gasteiger partial charge in [0.1, 0.15) is 0 Å². The van der Waals surface area contributed by atoms with Crippen molar-refractivity contribution in [2.75, 3.05) is 18.0 Å². The zero-order valence-electron chi connectivity index (χ0n) is 12.2. The second kappa shape index (κ2) is 5.52. The van der Waals surface area contributed by atoms with Crippen LogP contribution >= 0.6 is 11.3 Å². The first-order chi connectivity index (χ1) is 10.1. The quantitative estimate of drug-likeness (QED) is 0.882. The second-order valence-corrected chi connectivity index (χ2v) is 6.66. The molecule has 1 aliphatic rings. The summed E-state index contributed by atoms with van der Waals surface area (Å²) in [4.78, 5) is 18.7. The Balaban J connectivity index is 1.96. The van der Waals surface area contributed by atoms with E-state index in [0.29, 0.717) is 11.8 Å². The Bertz CT molecular complexity index is 686. The number of carbonyl (C=O) groups is 1. The van der Waals surface area contributed by atoms with Gasteiger partial charge in [-0.2, -0.15) is 0 Å². The topological polar surface area (TPSA) is 57.8 Å². The molecule has 5 nitrogen and oxygen atoms in total. The van der Waals surface area contributed by atoms with Gasteiger partial charge in [0.15, 0.2) is 10.8 Å². The van der Waals surface area contributed by atoms with E-state index in [0.717, 1.165) is 29.6 Å². The van der Waals surface area contributed by atoms with Crippen molar-refractivity contribution < 1.29 is 9.90 Å². The van der Waals surface area contributed by atoms with Gasteiger partial charge in [-0.1, -0.05) is 13.8 Å². The summed E-state index contributed by atoms with van der Waals surface area (Å²) < 4.78 is 1.96. The van der Waals surface area contributed by atoms with Gasteiger partial charge < -0.3 is 10.0 Å². The molecule has 0 radical (unpaired) electrons. The third kappa shape index (κ3) is 2.68. The van der Waals surface area contributed by atoms with Crippen molar-refractivity contribution in [2.24, 2.45) is 11.8 Å². The lowest BCUT2D eigenvalue weighted by atomic mass is 9.95. The van der Waals surface area contributed by atoms with Gasteiger partial charge in [-0.15, -0.1) is 11.3 Å². The molecule has 0 amide bonds. The average Bonchev–Trinajstić information content (AvgIpc) is 3.11. The summed E-state index contributed by atoms with van der Waals surface area (Å²) in [6.07, 6.45) is 5.94. The maximum Gasteiger partial charge on any atom is 0.328 e. The number of nitrogens with zero attached hydrogens (tertiary/aromatic N) is 3. The fraction of sp³-hybridized carbons (Fsp3) is 0.467. The number of imidazole rings is 1. The highest BCUT2D eigenvalue weighted by Gasteiger charge is 2.28. The van der Waals surface area contributed by atoms with Crippen molar-refractivity contribution in [1.82, 2.24) is 9.38 Å². The molecule has 3 rings (SSSR count). The first kappa shape index (κ1) is 14.1. The standard InChI is InChI=1S/C15H19N3O2S/c1-10(2)11-5-6-17(9-11)14-12(3-4-13(19)20)18-7-8-21-15(18)16-14/h3-4,7-8,10-11H,5-6,9H2,1-2H3,(H,19,20)/b4-3+. The Morgan fingerprint density at radius 1 is 1.57 bits per heavy atom. The summed E-state index contributed by atoms with van der Waals surface area (Å²) >= 11 is 1.57. The van der Waals surface area contributed by atoms with Gasteiger partial charge in [0, 0.05) is 30.7 Å². The van der Waals surface area contributed by atoms with Crippen LogP contribution in [0, 0.1) is 11.8 Å². The molecular weight excluding hydrogens is 286 g/mol. The monoisotopic (exact) mass is 305 g/mol. The molecule has 1 saturated heterocycles. The van der Waals surface area contributed by atoms with Gasteiger partial charge in [0.2, 0.25) is 0 Å². The summed E-state index contributed by atoms with van der Waals surface area (Å²) in [6.45, 7) is 6.49. The van der Waals surface area contributed by atoms with E-state index >= 15 is 0 Å². The van der Waals surface area contributed by atoms with E-state index < -0.39 is 5.97 Å². The maximum atomic E-state index is 10.8. The van der Waals surface area contributed by atoms with Crippen molar-refractivity contribution >= 4 is 34.2 Å². The van der Waals surface area contributed by atoms with Crippen molar-refractivity contribution in [2.45, 2.75) is 20.3 Å². The highest BCUT2D eigenvalue weighted by atomic mass is 32.1. The molecule has 112 valence electrons. The number of thiazole rings is 1. The number of aromatic nitrogens is 2. The van der Waals surface area contributed by atoms with E-state index in [1.165, 1.54) is 12.5 Å². The number of fused-ring (bicyclic) bond motifs is 1. The Labute approximate surface area is 127 Å². The zero-order chi connectivity index (χ0) is 15.0. The minimum atomic E-state index is -0.937. The summed E-state index contributed by atoms with van der Waals surface area (Å²) in [5.74, 6) is 1.31. The molecule has 0 aliphatic carbocycles. The van der Waals surface area contributed by atoms with Crippen LogP contribution in [0.4, 0.5) is 5.82 Å². The predicted octanol–water partition coefficient (Wildman–Crippen LogP) is 2.98. The van der Waals surface area contributed by atoms with Crippen molar-refractivity contribution in [3.8, 4) is 0 Å². The van der Waals surface area contributed by atoms with Crippen LogP contribution in [-0.2, 0) is 4.79 Å². The minimum Gasteiger partial charge on any atom is -0.478 e. The third-order valence-corrected chi connectivity index (χ3v) is 4.89. The molecule has 1 atom stereocenters. The Morgan fingerprint density at radius 2 is 2.38 bits per heavy atom. The van der Waals surface area contributed by atoms with Gasteiger partial charge in [-0.05, 0) is 24.3 Å². The number of rotatable bonds is 4. The Hall–Kier alpha value is -1.82. The zero-order valence-corrected chi connectivity index (χ0v) is 13.0. The second-order valence-electron chi connectivity index (χ2n) is 5.79. The molecule has 2 aromatic heterocycles. The molecule has 0 saturated carbocycles. The third-order valence-electron chi connectivity index (χ3n) is 4.13. The summed E-state index contributed by atoms with van der Waals surface area (Å²) in [5.41, 5.74) is 0.859. The van der Waals surface area contributed by atoms with Crippen LogP contribution in [0.25, 0.3) is 11.0 Å². The van der Waals surface area contributed by atoms with E-state index in [9.17, 15) is 4.79 Å². The predicted molar refractivity (Wildman–Crippen MR) is 84.9 cm³/mol. The van der Waals surface area contributed by atoms with E-state index in [4.69, 9.17) is 5.11 Å². The van der Waals surface area contributed by atoms with Crippen LogP contribution < -0.4 is 4.90 Å². The number of aliphatic carboxylic acids is 1. The first-order valence-electron chi connectivity index (χ1n) is 7.17. The fourth-order valence-electron chi connectivity index (χ4n) is 2.85. The van der Waals surface area contributed by atoms with E-state index in [1.54, 1.807) is 17.4 Å². The molecular formula is C15H19N3O2S. The molecule has 6 heteroatoms. The normalized spacial score (nSPS) is 19.4. The Kier molecular flexibility index (Phi) is 3.71. The van der Waals surface area contributed by atoms with Crippen molar-refractivity contribution in [3.63, 3.8) is 0 Å². The molecule has 1 aliphatic heterocycles. The van der Waals surface area contributed by atoms with Crippen LogP contribution in [0.3, 0.4) is 0 Å². The van der Waals surface area contributed by atoms with Gasteiger partial charge in [0.05, 0.1) is 5.69 Å². The molecule has 0 aromatic carbocycles. The smallest absolute Gasteiger partial charge is 0.328 e. The van der Waals surface area contributed by atoms with E-state index in [1.807, 2.05) is 16.0 Å². The number of carboxylic acid groups (broad SMARTS) is 1. The molecule has 0 spiro atoms. The van der Waals surface area contributed by atoms with Crippen molar-refractivity contribution in [1.29, 1.82) is 0 Å². The lowest BCUT2D eigenvalue weighted by molar-refractivity contribution is -0.131. The number of hydrogen-bond acceptors (Lipinski definition) is 4. The summed E-state index contributed by atoms with van der Waals surface area (Å²) in [6, 6.07) is 0. The van der Waals surface area contributed by atoms with Gasteiger partial charge in [-0.25, -0.2) is 9.78 Å². The maximum absolute atomic E-state index is 10.8. The largest absolute Gasteiger partial charge is 0.478 e. The SMILES string of the molecule is CC(C)C1CCN(c2nc3sccn3c2/C=C/C(=O)O)C1. The van der Waals surface area contributed by atoms with Crippen LogP contribution in [0.1, 0.15) is 26.0 Å². The number of hydrogen-bond donors (Lipinski definition) is 1. The molecule has 3 heterocycles. The highest BCUT2D eigenvalue weighted by molar-refractivity contribution is 7.15. The van der Waals surface area contributed by atoms with Crippen molar-refractivity contribution in [3.05, 3.63) is 23.3 Å². The molecule has 21 heavy (non-hydrogen) atoms. The molecule has 1 N–H and O–H groups in total. The van der Waals surface area contributed by atoms with Gasteiger partial charge in [0.25, 0.3) is 0 Å². The van der Waals surface area contributed by atoms with Gasteiger partial charge in [-0.3, -0.25) is 4.40 Å². The van der Waals surface area contributed by atoms with Crippen LogP contribution in [0.2, 0.25) is 0 Å². The van der Waals surface area contributed by atoms with Crippen LogP contribution in [-0.4, -0.2) is 33.6 Å². The molecule has 1 unspecified atom stereocenters. The fourth-order valence-corrected chi connectivity index (χ4v) is 3.57. The number of carboxylic acids is 1. The summed E-state index contributed by atoms with van der Waals surface area (Å²) in [5, 5.41) is 10.8. The Morgan fingerprint density at radius 3 is 3.05 bits per heavy atom. The van der Waals surface area contributed by atoms with E-state index in [-0.39, 0.29) is 0 Å². The molecule has 0 bridgehead atoms.